The van der Waals surface area contributed by atoms with Gasteiger partial charge in [-0.05, 0) is 52.9 Å². The number of carbonyl (C=O) groups is 1. The average Bonchev–Trinajstić information content (AvgIpc) is 2.42. The maximum Gasteiger partial charge on any atom is 0.256 e. The number of methoxy groups -OCH3 is 1. The summed E-state index contributed by atoms with van der Waals surface area (Å²) in [6, 6.07) is 8.60. The zero-order chi connectivity index (χ0) is 13.8. The van der Waals surface area contributed by atoms with E-state index in [0.29, 0.717) is 22.2 Å². The second-order valence-corrected chi connectivity index (χ2v) is 5.24. The minimum atomic E-state index is -0.252. The van der Waals surface area contributed by atoms with E-state index in [1.165, 1.54) is 7.11 Å². The number of rotatable bonds is 3. The van der Waals surface area contributed by atoms with Crippen molar-refractivity contribution in [1.82, 2.24) is 4.98 Å². The normalized spacial score (nSPS) is 10.1. The Labute approximate surface area is 129 Å². The zero-order valence-electron chi connectivity index (χ0n) is 9.98. The van der Waals surface area contributed by atoms with Crippen LogP contribution >= 0.6 is 34.2 Å². The van der Waals surface area contributed by atoms with Gasteiger partial charge in [-0.25, -0.2) is 4.98 Å². The Bertz CT molecular complexity index is 619. The van der Waals surface area contributed by atoms with Crippen LogP contribution in [0.25, 0.3) is 0 Å². The number of benzene rings is 1. The highest BCUT2D eigenvalue weighted by molar-refractivity contribution is 14.1. The molecule has 2 aromatic rings. The molecule has 0 unspecified atom stereocenters. The molecule has 19 heavy (non-hydrogen) atoms. The van der Waals surface area contributed by atoms with Crippen LogP contribution in [0.1, 0.15) is 10.4 Å². The SMILES string of the molecule is COc1ncccc1NC(=O)c1cc(Cl)ccc1I. The van der Waals surface area contributed by atoms with Crippen LogP contribution in [0.5, 0.6) is 5.88 Å². The van der Waals surface area contributed by atoms with Crippen LogP contribution in [0.2, 0.25) is 5.02 Å². The number of aromatic nitrogens is 1. The molecular formula is C13H10ClIN2O2. The van der Waals surface area contributed by atoms with Crippen LogP contribution in [0.4, 0.5) is 5.69 Å². The van der Waals surface area contributed by atoms with Crippen molar-refractivity contribution in [2.75, 3.05) is 12.4 Å². The summed E-state index contributed by atoms with van der Waals surface area (Å²) in [5.41, 5.74) is 1.03. The number of nitrogens with zero attached hydrogens (tertiary/aromatic N) is 1. The summed E-state index contributed by atoms with van der Waals surface area (Å²) in [5, 5.41) is 3.27. The fraction of sp³-hybridized carbons (Fsp3) is 0.0769. The van der Waals surface area contributed by atoms with Gasteiger partial charge < -0.3 is 10.1 Å². The minimum Gasteiger partial charge on any atom is -0.480 e. The third kappa shape index (κ3) is 3.36. The van der Waals surface area contributed by atoms with Gasteiger partial charge in [0.25, 0.3) is 5.91 Å². The second kappa shape index (κ2) is 6.21. The number of hydrogen-bond donors (Lipinski definition) is 1. The average molecular weight is 389 g/mol. The van der Waals surface area contributed by atoms with Crippen LogP contribution in [-0.4, -0.2) is 18.0 Å². The Kier molecular flexibility index (Phi) is 4.60. The monoisotopic (exact) mass is 388 g/mol. The lowest BCUT2D eigenvalue weighted by molar-refractivity contribution is 0.102. The summed E-state index contributed by atoms with van der Waals surface area (Å²) in [6.07, 6.45) is 1.59. The lowest BCUT2D eigenvalue weighted by atomic mass is 10.2. The number of ether oxygens (including phenoxy) is 1. The van der Waals surface area contributed by atoms with E-state index in [9.17, 15) is 4.79 Å². The van der Waals surface area contributed by atoms with E-state index >= 15 is 0 Å². The van der Waals surface area contributed by atoms with Crippen molar-refractivity contribution in [1.29, 1.82) is 0 Å². The predicted molar refractivity (Wildman–Crippen MR) is 82.9 cm³/mol. The molecule has 0 atom stereocenters. The summed E-state index contributed by atoms with van der Waals surface area (Å²) < 4.78 is 5.90. The number of halogens is 2. The molecule has 6 heteroatoms. The molecule has 1 aromatic heterocycles. The molecule has 0 bridgehead atoms. The molecule has 1 aromatic carbocycles. The van der Waals surface area contributed by atoms with Crippen molar-refractivity contribution in [3.05, 3.63) is 50.7 Å². The highest BCUT2D eigenvalue weighted by atomic mass is 127. The molecule has 0 saturated carbocycles. The van der Waals surface area contributed by atoms with E-state index in [0.717, 1.165) is 3.57 Å². The topological polar surface area (TPSA) is 51.2 Å². The third-order valence-corrected chi connectivity index (χ3v) is 3.56. The van der Waals surface area contributed by atoms with Crippen LogP contribution in [0.3, 0.4) is 0 Å². The molecule has 0 aliphatic rings. The standard InChI is InChI=1S/C13H10ClIN2O2/c1-19-13-11(3-2-6-16-13)17-12(18)9-7-8(14)4-5-10(9)15/h2-7H,1H3,(H,17,18). The lowest BCUT2D eigenvalue weighted by Crippen LogP contribution is -2.14. The Morgan fingerprint density at radius 2 is 2.21 bits per heavy atom. The number of nitrogens with one attached hydrogen (secondary N) is 1. The maximum absolute atomic E-state index is 12.2. The van der Waals surface area contributed by atoms with Crippen molar-refractivity contribution in [2.24, 2.45) is 0 Å². The van der Waals surface area contributed by atoms with Gasteiger partial charge in [0.05, 0.1) is 12.7 Å². The van der Waals surface area contributed by atoms with Crippen molar-refractivity contribution < 1.29 is 9.53 Å². The smallest absolute Gasteiger partial charge is 0.256 e. The molecule has 1 N–H and O–H groups in total. The van der Waals surface area contributed by atoms with E-state index in [1.807, 2.05) is 0 Å². The zero-order valence-corrected chi connectivity index (χ0v) is 12.9. The Morgan fingerprint density at radius 3 is 2.95 bits per heavy atom. The van der Waals surface area contributed by atoms with E-state index in [2.05, 4.69) is 32.9 Å². The second-order valence-electron chi connectivity index (χ2n) is 3.64. The predicted octanol–water partition coefficient (Wildman–Crippen LogP) is 3.60. The molecule has 1 amide bonds. The van der Waals surface area contributed by atoms with Crippen LogP contribution < -0.4 is 10.1 Å². The molecule has 1 heterocycles. The number of anilines is 1. The molecule has 0 saturated heterocycles. The van der Waals surface area contributed by atoms with Crippen molar-refractivity contribution in [3.8, 4) is 5.88 Å². The van der Waals surface area contributed by atoms with Crippen molar-refractivity contribution in [2.45, 2.75) is 0 Å². The van der Waals surface area contributed by atoms with Gasteiger partial charge in [0.2, 0.25) is 5.88 Å². The van der Waals surface area contributed by atoms with Crippen LogP contribution in [-0.2, 0) is 0 Å². The van der Waals surface area contributed by atoms with Gasteiger partial charge >= 0.3 is 0 Å². The first kappa shape index (κ1) is 14.1. The van der Waals surface area contributed by atoms with Crippen LogP contribution in [0.15, 0.2) is 36.5 Å². The summed E-state index contributed by atoms with van der Waals surface area (Å²) in [4.78, 5) is 16.2. The van der Waals surface area contributed by atoms with Gasteiger partial charge in [-0.2, -0.15) is 0 Å². The number of amides is 1. The van der Waals surface area contributed by atoms with Gasteiger partial charge in [0, 0.05) is 14.8 Å². The molecule has 0 spiro atoms. The largest absolute Gasteiger partial charge is 0.480 e. The summed E-state index contributed by atoms with van der Waals surface area (Å²) in [7, 11) is 1.50. The van der Waals surface area contributed by atoms with Gasteiger partial charge in [-0.1, -0.05) is 11.6 Å². The molecule has 98 valence electrons. The highest BCUT2D eigenvalue weighted by Gasteiger charge is 2.13. The quantitative estimate of drug-likeness (QED) is 0.818. The summed E-state index contributed by atoms with van der Waals surface area (Å²) >= 11 is 7.99. The summed E-state index contributed by atoms with van der Waals surface area (Å²) in [5.74, 6) is 0.117. The van der Waals surface area contributed by atoms with Crippen molar-refractivity contribution in [3.63, 3.8) is 0 Å². The Morgan fingerprint density at radius 1 is 1.42 bits per heavy atom. The molecule has 0 radical (unpaired) electrons. The first-order chi connectivity index (χ1) is 9.11. The molecule has 0 aliphatic carbocycles. The fourth-order valence-electron chi connectivity index (χ4n) is 1.51. The minimum absolute atomic E-state index is 0.252. The Hall–Kier alpha value is -1.34. The van der Waals surface area contributed by atoms with Gasteiger partial charge in [-0.3, -0.25) is 4.79 Å². The number of pyridine rings is 1. The van der Waals surface area contributed by atoms with Crippen molar-refractivity contribution >= 4 is 45.8 Å². The molecule has 0 aliphatic heterocycles. The van der Waals surface area contributed by atoms with Gasteiger partial charge in [0.1, 0.15) is 5.69 Å². The summed E-state index contributed by atoms with van der Waals surface area (Å²) in [6.45, 7) is 0. The molecular weight excluding hydrogens is 379 g/mol. The number of carbonyl (C=O) groups excluding carboxylic acids is 1. The maximum atomic E-state index is 12.2. The molecule has 2 rings (SSSR count). The van der Waals surface area contributed by atoms with Gasteiger partial charge in [0.15, 0.2) is 0 Å². The number of hydrogen-bond acceptors (Lipinski definition) is 3. The van der Waals surface area contributed by atoms with Gasteiger partial charge in [-0.15, -0.1) is 0 Å². The molecule has 4 nitrogen and oxygen atoms in total. The molecule has 0 fully saturated rings. The Balaban J connectivity index is 2.28. The first-order valence-electron chi connectivity index (χ1n) is 5.37. The van der Waals surface area contributed by atoms with E-state index in [-0.39, 0.29) is 5.91 Å². The fourth-order valence-corrected chi connectivity index (χ4v) is 2.26. The third-order valence-electron chi connectivity index (χ3n) is 2.39. The first-order valence-corrected chi connectivity index (χ1v) is 6.83. The highest BCUT2D eigenvalue weighted by Crippen LogP contribution is 2.23. The lowest BCUT2D eigenvalue weighted by Gasteiger charge is -2.09. The van der Waals surface area contributed by atoms with Crippen LogP contribution in [0, 0.1) is 3.57 Å². The van der Waals surface area contributed by atoms with E-state index < -0.39 is 0 Å². The van der Waals surface area contributed by atoms with E-state index in [1.54, 1.807) is 36.5 Å². The van der Waals surface area contributed by atoms with E-state index in [4.69, 9.17) is 16.3 Å².